The van der Waals surface area contributed by atoms with E-state index < -0.39 is 36.2 Å². The third kappa shape index (κ3) is 16.8. The molecule has 0 amide bonds. The first-order chi connectivity index (χ1) is 9.18. The molecular formula is C12H26FeN2O8. The smallest absolute Gasteiger partial charge is 0.331 e. The van der Waals surface area contributed by atoms with Crippen LogP contribution in [0.25, 0.3) is 0 Å². The van der Waals surface area contributed by atoms with Crippen molar-refractivity contribution in [3.05, 3.63) is 0 Å². The van der Waals surface area contributed by atoms with Gasteiger partial charge in [-0.15, -0.1) is 0 Å². The van der Waals surface area contributed by atoms with Gasteiger partial charge >= 0.3 is 11.9 Å². The Labute approximate surface area is 145 Å². The summed E-state index contributed by atoms with van der Waals surface area (Å²) in [7, 11) is 0. The van der Waals surface area contributed by atoms with Crippen LogP contribution in [0, 0.1) is 0 Å². The van der Waals surface area contributed by atoms with E-state index in [0.29, 0.717) is 0 Å². The topological polar surface area (TPSA) is 203 Å². The molecule has 0 heterocycles. The van der Waals surface area contributed by atoms with Crippen molar-refractivity contribution in [2.45, 2.75) is 52.0 Å². The molecule has 0 aliphatic heterocycles. The normalized spacial score (nSPS) is 14.9. The van der Waals surface area contributed by atoms with Gasteiger partial charge in [0.2, 0.25) is 0 Å². The summed E-state index contributed by atoms with van der Waals surface area (Å²) in [6.07, 6.45) is 0.860. The van der Waals surface area contributed by atoms with Crippen LogP contribution in [0.15, 0.2) is 9.98 Å². The number of nitrogens with zero attached hydrogens (tertiary/aromatic N) is 2. The van der Waals surface area contributed by atoms with Gasteiger partial charge in [-0.1, -0.05) is 0 Å². The van der Waals surface area contributed by atoms with Crippen LogP contribution in [0.3, 0.4) is 0 Å². The van der Waals surface area contributed by atoms with Crippen LogP contribution in [0.4, 0.5) is 0 Å². The number of aliphatic hydroxyl groups is 2. The van der Waals surface area contributed by atoms with Crippen LogP contribution >= 0.6 is 0 Å². The minimum Gasteiger partial charge on any atom is -0.480 e. The summed E-state index contributed by atoms with van der Waals surface area (Å²) < 4.78 is 0. The number of aliphatic imine (C=N–C) groups is 2. The number of hydrogen-bond acceptors (Lipinski definition) is 6. The van der Waals surface area contributed by atoms with E-state index in [1.54, 1.807) is 13.8 Å². The summed E-state index contributed by atoms with van der Waals surface area (Å²) in [5, 5.41) is 34.4. The number of carbonyl (C=O) groups is 2. The fourth-order valence-corrected chi connectivity index (χ4v) is 1.11. The number of aliphatic carboxylic acids is 2. The van der Waals surface area contributed by atoms with Crippen molar-refractivity contribution in [2.24, 2.45) is 9.98 Å². The Bertz CT molecular complexity index is 327. The summed E-state index contributed by atoms with van der Waals surface area (Å²) in [6, 6.07) is -2.05. The molecular weight excluding hydrogens is 356 g/mol. The molecule has 0 aromatic rings. The summed E-state index contributed by atoms with van der Waals surface area (Å²) in [5.74, 6) is -2.21. The SMILES string of the molecule is CC=NC(C(=O)O)C(C)O.CC=NC(C(=O)O)C(C)O.O.O.[Fe]. The van der Waals surface area contributed by atoms with E-state index >= 15 is 0 Å². The largest absolute Gasteiger partial charge is 0.480 e. The van der Waals surface area contributed by atoms with Gasteiger partial charge in [-0.2, -0.15) is 0 Å². The Kier molecular flexibility index (Phi) is 27.1. The fraction of sp³-hybridized carbons (Fsp3) is 0.667. The van der Waals surface area contributed by atoms with E-state index in [0.717, 1.165) is 0 Å². The number of carboxylic acids is 2. The van der Waals surface area contributed by atoms with E-state index in [1.807, 2.05) is 0 Å². The van der Waals surface area contributed by atoms with E-state index in [9.17, 15) is 9.59 Å². The molecule has 0 fully saturated rings. The van der Waals surface area contributed by atoms with Gasteiger partial charge in [-0.05, 0) is 40.1 Å². The van der Waals surface area contributed by atoms with E-state index in [4.69, 9.17) is 20.4 Å². The number of rotatable bonds is 6. The van der Waals surface area contributed by atoms with Crippen molar-refractivity contribution < 1.29 is 58.0 Å². The second-order valence-electron chi connectivity index (χ2n) is 3.86. The fourth-order valence-electron chi connectivity index (χ4n) is 1.11. The van der Waals surface area contributed by atoms with Gasteiger partial charge in [0.25, 0.3) is 0 Å². The van der Waals surface area contributed by atoms with E-state index in [2.05, 4.69) is 9.98 Å². The standard InChI is InChI=1S/2C6H11NO3.Fe.2H2O/c2*1-3-7-5(4(2)8)6(9)10;;;/h2*3-5,8H,1-2H3,(H,9,10);;2*1H2. The summed E-state index contributed by atoms with van der Waals surface area (Å²) in [6.45, 7) is 6.01. The molecule has 11 heteroatoms. The van der Waals surface area contributed by atoms with Crippen LogP contribution < -0.4 is 0 Å². The second kappa shape index (κ2) is 18.7. The molecule has 0 aliphatic rings. The molecule has 0 aromatic heterocycles. The van der Waals surface area contributed by atoms with Crippen molar-refractivity contribution >= 4 is 24.4 Å². The van der Waals surface area contributed by atoms with Crippen LogP contribution in [0.5, 0.6) is 0 Å². The van der Waals surface area contributed by atoms with Gasteiger partial charge in [0.05, 0.1) is 12.2 Å². The first-order valence-corrected chi connectivity index (χ1v) is 5.96. The zero-order valence-electron chi connectivity index (χ0n) is 13.3. The van der Waals surface area contributed by atoms with Crippen molar-refractivity contribution in [1.29, 1.82) is 0 Å². The minimum atomic E-state index is -1.10. The first-order valence-electron chi connectivity index (χ1n) is 5.96. The molecule has 0 spiro atoms. The first kappa shape index (κ1) is 33.3. The molecule has 0 saturated carbocycles. The van der Waals surface area contributed by atoms with Gasteiger partial charge in [-0.3, -0.25) is 9.98 Å². The quantitative estimate of drug-likeness (QED) is 0.307. The molecule has 10 nitrogen and oxygen atoms in total. The second-order valence-corrected chi connectivity index (χ2v) is 3.86. The third-order valence-electron chi connectivity index (χ3n) is 2.04. The Morgan fingerprint density at radius 2 is 1.04 bits per heavy atom. The molecule has 0 bridgehead atoms. The molecule has 8 N–H and O–H groups in total. The maximum atomic E-state index is 10.3. The predicted octanol–water partition coefficient (Wildman–Crippen LogP) is -1.83. The number of aliphatic hydroxyl groups excluding tert-OH is 2. The van der Waals surface area contributed by atoms with Crippen molar-refractivity contribution in [1.82, 2.24) is 0 Å². The molecule has 0 saturated heterocycles. The minimum absolute atomic E-state index is 0. The zero-order valence-corrected chi connectivity index (χ0v) is 14.4. The molecule has 140 valence electrons. The van der Waals surface area contributed by atoms with Gasteiger partial charge < -0.3 is 31.4 Å². The van der Waals surface area contributed by atoms with Gasteiger partial charge in [0.1, 0.15) is 0 Å². The van der Waals surface area contributed by atoms with Crippen LogP contribution in [0.2, 0.25) is 0 Å². The third-order valence-corrected chi connectivity index (χ3v) is 2.04. The Morgan fingerprint density at radius 1 is 0.826 bits per heavy atom. The maximum absolute atomic E-state index is 10.3. The molecule has 4 unspecified atom stereocenters. The van der Waals surface area contributed by atoms with Gasteiger partial charge in [0.15, 0.2) is 12.1 Å². The molecule has 4 atom stereocenters. The maximum Gasteiger partial charge on any atom is 0.331 e. The van der Waals surface area contributed by atoms with Crippen molar-refractivity contribution in [3.8, 4) is 0 Å². The Morgan fingerprint density at radius 3 is 1.09 bits per heavy atom. The summed E-state index contributed by atoms with van der Waals surface area (Å²) >= 11 is 0. The van der Waals surface area contributed by atoms with E-state index in [1.165, 1.54) is 26.3 Å². The Balaban J connectivity index is -0.0000000831. The van der Waals surface area contributed by atoms with Gasteiger partial charge in [0, 0.05) is 17.1 Å². The number of hydrogen-bond donors (Lipinski definition) is 4. The van der Waals surface area contributed by atoms with Gasteiger partial charge in [-0.25, -0.2) is 9.59 Å². The monoisotopic (exact) mass is 382 g/mol. The van der Waals surface area contributed by atoms with Crippen LogP contribution in [-0.4, -0.2) is 80.0 Å². The molecule has 0 aliphatic carbocycles. The average molecular weight is 382 g/mol. The summed E-state index contributed by atoms with van der Waals surface area (Å²) in [5.41, 5.74) is 0. The van der Waals surface area contributed by atoms with E-state index in [-0.39, 0.29) is 28.0 Å². The number of carboxylic acid groups (broad SMARTS) is 2. The molecule has 0 radical (unpaired) electrons. The van der Waals surface area contributed by atoms with Crippen molar-refractivity contribution in [3.63, 3.8) is 0 Å². The summed E-state index contributed by atoms with van der Waals surface area (Å²) in [4.78, 5) is 27.6. The zero-order chi connectivity index (χ0) is 16.3. The average Bonchev–Trinajstić information content (AvgIpc) is 2.32. The van der Waals surface area contributed by atoms with Crippen LogP contribution in [0.1, 0.15) is 27.7 Å². The van der Waals surface area contributed by atoms with Crippen LogP contribution in [-0.2, 0) is 26.7 Å². The van der Waals surface area contributed by atoms with Crippen molar-refractivity contribution in [2.75, 3.05) is 0 Å². The molecule has 23 heavy (non-hydrogen) atoms. The Hall–Kier alpha value is -1.36. The predicted molar refractivity (Wildman–Crippen MR) is 81.8 cm³/mol. The molecule has 0 aromatic carbocycles. The molecule has 0 rings (SSSR count).